The molecule has 1 aromatic carbocycles. The lowest BCUT2D eigenvalue weighted by atomic mass is 10.1. The first kappa shape index (κ1) is 15.1. The number of oxazole rings is 1. The molecular weight excluding hydrogens is 324 g/mol. The molecule has 3 aromatic rings. The van der Waals surface area contributed by atoms with Gasteiger partial charge in [-0.05, 0) is 22.6 Å². The summed E-state index contributed by atoms with van der Waals surface area (Å²) in [5.41, 5.74) is 2.64. The maximum absolute atomic E-state index is 12.3. The summed E-state index contributed by atoms with van der Waals surface area (Å²) < 4.78 is 5.43. The highest BCUT2D eigenvalue weighted by molar-refractivity contribution is 7.13. The second-order valence-electron chi connectivity index (χ2n) is 5.81. The summed E-state index contributed by atoms with van der Waals surface area (Å²) in [7, 11) is 0. The second-order valence-corrected chi connectivity index (χ2v) is 6.76. The van der Waals surface area contributed by atoms with E-state index in [2.05, 4.69) is 10.3 Å². The molecule has 0 bridgehead atoms. The number of thiophene rings is 1. The van der Waals surface area contributed by atoms with E-state index in [4.69, 9.17) is 4.42 Å². The maximum Gasteiger partial charge on any atom is 0.236 e. The molecule has 0 fully saturated rings. The van der Waals surface area contributed by atoms with Crippen LogP contribution in [0.2, 0.25) is 0 Å². The number of benzene rings is 1. The molecule has 0 aliphatic heterocycles. The number of nitrogens with zero attached hydrogens (tertiary/aromatic N) is 1. The van der Waals surface area contributed by atoms with E-state index >= 15 is 0 Å². The monoisotopic (exact) mass is 340 g/mol. The van der Waals surface area contributed by atoms with Crippen molar-refractivity contribution in [2.45, 2.75) is 25.0 Å². The van der Waals surface area contributed by atoms with Crippen molar-refractivity contribution >= 4 is 17.2 Å². The molecule has 2 N–H and O–H groups in total. The van der Waals surface area contributed by atoms with Crippen LogP contribution >= 0.6 is 11.3 Å². The van der Waals surface area contributed by atoms with Gasteiger partial charge in [-0.15, -0.1) is 11.3 Å². The lowest BCUT2D eigenvalue weighted by molar-refractivity contribution is -0.122. The molecule has 24 heavy (non-hydrogen) atoms. The van der Waals surface area contributed by atoms with Crippen LogP contribution in [-0.4, -0.2) is 22.1 Å². The predicted octanol–water partition coefficient (Wildman–Crippen LogP) is 2.72. The number of carbonyl (C=O) groups is 1. The highest BCUT2D eigenvalue weighted by Gasteiger charge is 2.31. The van der Waals surface area contributed by atoms with Gasteiger partial charge in [0, 0.05) is 6.42 Å². The molecular formula is C18H16N2O3S. The van der Waals surface area contributed by atoms with Crippen molar-refractivity contribution in [1.82, 2.24) is 10.3 Å². The topological polar surface area (TPSA) is 75.4 Å². The number of nitrogens with one attached hydrogen (secondary N) is 1. The Balaban J connectivity index is 1.44. The molecule has 0 spiro atoms. The number of fused-ring (bicyclic) bond motifs is 1. The second kappa shape index (κ2) is 6.22. The Morgan fingerprint density at radius 1 is 1.33 bits per heavy atom. The Morgan fingerprint density at radius 3 is 3.04 bits per heavy atom. The average Bonchev–Trinajstić information content (AvgIpc) is 3.28. The van der Waals surface area contributed by atoms with Gasteiger partial charge in [-0.1, -0.05) is 30.3 Å². The number of hydrogen-bond donors (Lipinski definition) is 2. The smallest absolute Gasteiger partial charge is 0.236 e. The highest BCUT2D eigenvalue weighted by atomic mass is 32.1. The normalized spacial score (nSPS) is 19.2. The summed E-state index contributed by atoms with van der Waals surface area (Å²) in [5.74, 6) is 0.348. The first-order valence-electron chi connectivity index (χ1n) is 7.74. The van der Waals surface area contributed by atoms with E-state index in [0.29, 0.717) is 18.0 Å². The van der Waals surface area contributed by atoms with Gasteiger partial charge in [-0.3, -0.25) is 4.79 Å². The Hall–Kier alpha value is -2.44. The lowest BCUT2D eigenvalue weighted by Crippen LogP contribution is -2.34. The number of aromatic nitrogens is 1. The SMILES string of the molecule is O=C(Cc1coc(-c2cccs2)n1)NC1c2ccccc2CC1O. The number of rotatable bonds is 4. The molecule has 0 saturated carbocycles. The minimum atomic E-state index is -0.592. The standard InChI is InChI=1S/C18H16N2O3S/c21-14-8-11-4-1-2-5-13(11)17(14)20-16(22)9-12-10-23-18(19-12)15-6-3-7-24-15/h1-7,10,14,17,21H,8-9H2,(H,20,22). The molecule has 2 aromatic heterocycles. The zero-order chi connectivity index (χ0) is 16.5. The molecule has 0 radical (unpaired) electrons. The van der Waals surface area contributed by atoms with Gasteiger partial charge < -0.3 is 14.8 Å². The molecule has 1 aliphatic carbocycles. The molecule has 0 saturated heterocycles. The van der Waals surface area contributed by atoms with Crippen molar-refractivity contribution in [2.75, 3.05) is 0 Å². The number of amides is 1. The first-order chi connectivity index (χ1) is 11.7. The van der Waals surface area contributed by atoms with Crippen LogP contribution in [0.25, 0.3) is 10.8 Å². The Labute approximate surface area is 143 Å². The number of carbonyl (C=O) groups excluding carboxylic acids is 1. The van der Waals surface area contributed by atoms with Gasteiger partial charge in [0.1, 0.15) is 6.26 Å². The average molecular weight is 340 g/mol. The predicted molar refractivity (Wildman–Crippen MR) is 90.6 cm³/mol. The van der Waals surface area contributed by atoms with E-state index in [1.165, 1.54) is 17.6 Å². The number of aliphatic hydroxyl groups excluding tert-OH is 1. The molecule has 2 unspecified atom stereocenters. The van der Waals surface area contributed by atoms with Gasteiger partial charge in [-0.2, -0.15) is 0 Å². The highest BCUT2D eigenvalue weighted by Crippen LogP contribution is 2.31. The Bertz CT molecular complexity index is 857. The van der Waals surface area contributed by atoms with Gasteiger partial charge in [0.25, 0.3) is 0 Å². The molecule has 4 rings (SSSR count). The quantitative estimate of drug-likeness (QED) is 0.766. The van der Waals surface area contributed by atoms with Gasteiger partial charge in [0.15, 0.2) is 0 Å². The van der Waals surface area contributed by atoms with Crippen LogP contribution in [0, 0.1) is 0 Å². The first-order valence-corrected chi connectivity index (χ1v) is 8.62. The van der Waals surface area contributed by atoms with Crippen LogP contribution < -0.4 is 5.32 Å². The molecule has 6 heteroatoms. The fourth-order valence-corrected chi connectivity index (χ4v) is 3.69. The third kappa shape index (κ3) is 2.86. The van der Waals surface area contributed by atoms with Gasteiger partial charge in [-0.25, -0.2) is 4.98 Å². The van der Waals surface area contributed by atoms with E-state index in [9.17, 15) is 9.90 Å². The van der Waals surface area contributed by atoms with Crippen LogP contribution in [0.1, 0.15) is 22.9 Å². The van der Waals surface area contributed by atoms with Crippen molar-refractivity contribution in [1.29, 1.82) is 0 Å². The van der Waals surface area contributed by atoms with Crippen molar-refractivity contribution < 1.29 is 14.3 Å². The fraction of sp³-hybridized carbons (Fsp3) is 0.222. The Morgan fingerprint density at radius 2 is 2.21 bits per heavy atom. The molecule has 2 atom stereocenters. The maximum atomic E-state index is 12.3. The number of hydrogen-bond acceptors (Lipinski definition) is 5. The third-order valence-corrected chi connectivity index (χ3v) is 5.00. The van der Waals surface area contributed by atoms with Crippen LogP contribution in [-0.2, 0) is 17.6 Å². The van der Waals surface area contributed by atoms with Crippen molar-refractivity contribution in [3.8, 4) is 10.8 Å². The molecule has 2 heterocycles. The van der Waals surface area contributed by atoms with Gasteiger partial charge in [0.2, 0.25) is 11.8 Å². The zero-order valence-electron chi connectivity index (χ0n) is 12.8. The summed E-state index contributed by atoms with van der Waals surface area (Å²) >= 11 is 1.54. The van der Waals surface area contributed by atoms with E-state index in [0.717, 1.165) is 16.0 Å². The Kier molecular flexibility index (Phi) is 3.92. The van der Waals surface area contributed by atoms with E-state index in [1.807, 2.05) is 41.8 Å². The largest absolute Gasteiger partial charge is 0.444 e. The van der Waals surface area contributed by atoms with Crippen LogP contribution in [0.5, 0.6) is 0 Å². The molecule has 1 amide bonds. The van der Waals surface area contributed by atoms with Crippen LogP contribution in [0.3, 0.4) is 0 Å². The molecule has 122 valence electrons. The summed E-state index contributed by atoms with van der Waals surface area (Å²) in [6.07, 6.45) is 1.60. The summed E-state index contributed by atoms with van der Waals surface area (Å²) in [4.78, 5) is 17.6. The minimum absolute atomic E-state index is 0.125. The van der Waals surface area contributed by atoms with Crippen molar-refractivity contribution in [2.24, 2.45) is 0 Å². The number of aliphatic hydroxyl groups is 1. The van der Waals surface area contributed by atoms with Crippen LogP contribution in [0.15, 0.2) is 52.5 Å². The summed E-state index contributed by atoms with van der Waals surface area (Å²) in [5, 5.41) is 15.1. The van der Waals surface area contributed by atoms with Gasteiger partial charge >= 0.3 is 0 Å². The summed E-state index contributed by atoms with van der Waals surface area (Å²) in [6.45, 7) is 0. The molecule has 1 aliphatic rings. The fourth-order valence-electron chi connectivity index (χ4n) is 3.04. The van der Waals surface area contributed by atoms with E-state index in [-0.39, 0.29) is 18.4 Å². The lowest BCUT2D eigenvalue weighted by Gasteiger charge is -2.17. The van der Waals surface area contributed by atoms with E-state index in [1.54, 1.807) is 0 Å². The third-order valence-electron chi connectivity index (χ3n) is 4.15. The molecule has 5 nitrogen and oxygen atoms in total. The van der Waals surface area contributed by atoms with Crippen LogP contribution in [0.4, 0.5) is 0 Å². The van der Waals surface area contributed by atoms with Crippen molar-refractivity contribution in [3.63, 3.8) is 0 Å². The van der Waals surface area contributed by atoms with Gasteiger partial charge in [0.05, 0.1) is 29.1 Å². The minimum Gasteiger partial charge on any atom is -0.444 e. The van der Waals surface area contributed by atoms with E-state index < -0.39 is 6.10 Å². The summed E-state index contributed by atoms with van der Waals surface area (Å²) in [6, 6.07) is 11.3. The van der Waals surface area contributed by atoms with Crippen molar-refractivity contribution in [3.05, 3.63) is 64.9 Å². The zero-order valence-corrected chi connectivity index (χ0v) is 13.6.